The molecule has 0 bridgehead atoms. The highest BCUT2D eigenvalue weighted by Crippen LogP contribution is 2.15. The van der Waals surface area contributed by atoms with Crippen molar-refractivity contribution in [2.75, 3.05) is 0 Å². The average Bonchev–Trinajstić information content (AvgIpc) is 2.23. The van der Waals surface area contributed by atoms with E-state index in [1.807, 2.05) is 0 Å². The molecule has 0 spiro atoms. The van der Waals surface area contributed by atoms with Crippen LogP contribution in [0.25, 0.3) is 0 Å². The van der Waals surface area contributed by atoms with Gasteiger partial charge in [-0.3, -0.25) is 0 Å². The SMILES string of the molecule is CC[Si](CC)(O[SiH3])c1ccccc1. The summed E-state index contributed by atoms with van der Waals surface area (Å²) in [5.41, 5.74) is 0. The highest BCUT2D eigenvalue weighted by atomic mass is 28.4. The third kappa shape index (κ3) is 2.10. The van der Waals surface area contributed by atoms with Crippen LogP contribution < -0.4 is 5.19 Å². The van der Waals surface area contributed by atoms with Gasteiger partial charge in [-0.2, -0.15) is 0 Å². The van der Waals surface area contributed by atoms with Gasteiger partial charge in [0.1, 0.15) is 10.5 Å². The van der Waals surface area contributed by atoms with Gasteiger partial charge in [0.15, 0.2) is 0 Å². The van der Waals surface area contributed by atoms with E-state index in [9.17, 15) is 0 Å². The molecule has 0 saturated heterocycles. The molecule has 0 fully saturated rings. The van der Waals surface area contributed by atoms with Crippen LogP contribution in [-0.2, 0) is 4.12 Å². The van der Waals surface area contributed by atoms with Gasteiger partial charge in [-0.15, -0.1) is 0 Å². The first-order valence-electron chi connectivity index (χ1n) is 4.89. The third-order valence-corrected chi connectivity index (χ3v) is 9.63. The fraction of sp³-hybridized carbons (Fsp3) is 0.400. The number of hydrogen-bond donors (Lipinski definition) is 0. The number of hydrogen-bond acceptors (Lipinski definition) is 1. The lowest BCUT2D eigenvalue weighted by atomic mass is 10.4. The predicted octanol–water partition coefficient (Wildman–Crippen LogP) is 1.18. The Hall–Kier alpha value is -0.386. The van der Waals surface area contributed by atoms with Crippen molar-refractivity contribution in [3.05, 3.63) is 30.3 Å². The van der Waals surface area contributed by atoms with Crippen molar-refractivity contribution in [1.29, 1.82) is 0 Å². The molecule has 0 aliphatic carbocycles. The van der Waals surface area contributed by atoms with Crippen molar-refractivity contribution < 1.29 is 4.12 Å². The Labute approximate surface area is 84.8 Å². The molecule has 0 radical (unpaired) electrons. The molecule has 72 valence electrons. The quantitative estimate of drug-likeness (QED) is 0.678. The van der Waals surface area contributed by atoms with Crippen LogP contribution in [0.4, 0.5) is 0 Å². The van der Waals surface area contributed by atoms with E-state index in [0.29, 0.717) is 0 Å². The van der Waals surface area contributed by atoms with E-state index in [4.69, 9.17) is 4.12 Å². The first-order chi connectivity index (χ1) is 6.29. The van der Waals surface area contributed by atoms with Gasteiger partial charge in [0.25, 0.3) is 0 Å². The van der Waals surface area contributed by atoms with Crippen LogP contribution in [0.2, 0.25) is 12.1 Å². The van der Waals surface area contributed by atoms with Gasteiger partial charge in [0, 0.05) is 0 Å². The van der Waals surface area contributed by atoms with Gasteiger partial charge in [-0.05, 0) is 17.3 Å². The lowest BCUT2D eigenvalue weighted by molar-refractivity contribution is 0.607. The molecule has 0 aliphatic rings. The van der Waals surface area contributed by atoms with Gasteiger partial charge in [0.2, 0.25) is 8.32 Å². The molecule has 0 N–H and O–H groups in total. The van der Waals surface area contributed by atoms with Crippen LogP contribution >= 0.6 is 0 Å². The maximum atomic E-state index is 5.90. The summed E-state index contributed by atoms with van der Waals surface area (Å²) in [5.74, 6) is 0. The monoisotopic (exact) mass is 210 g/mol. The zero-order valence-corrected chi connectivity index (χ0v) is 11.7. The van der Waals surface area contributed by atoms with Crippen LogP contribution in [0.5, 0.6) is 0 Å². The van der Waals surface area contributed by atoms with Crippen LogP contribution in [-0.4, -0.2) is 18.8 Å². The molecule has 0 saturated carbocycles. The van der Waals surface area contributed by atoms with E-state index in [2.05, 4.69) is 44.2 Å². The summed E-state index contributed by atoms with van der Waals surface area (Å²) in [6.07, 6.45) is 0. The van der Waals surface area contributed by atoms with Crippen LogP contribution in [0.3, 0.4) is 0 Å². The molecule has 0 atom stereocenters. The van der Waals surface area contributed by atoms with Crippen LogP contribution in [0.1, 0.15) is 13.8 Å². The van der Waals surface area contributed by atoms with E-state index in [1.54, 1.807) is 0 Å². The van der Waals surface area contributed by atoms with E-state index >= 15 is 0 Å². The predicted molar refractivity (Wildman–Crippen MR) is 63.8 cm³/mol. The summed E-state index contributed by atoms with van der Waals surface area (Å²) < 4.78 is 5.90. The molecule has 3 heteroatoms. The molecule has 0 unspecified atom stereocenters. The smallest absolute Gasteiger partial charge is 0.211 e. The van der Waals surface area contributed by atoms with Gasteiger partial charge < -0.3 is 4.12 Å². The molecule has 0 heterocycles. The summed E-state index contributed by atoms with van der Waals surface area (Å²) >= 11 is 0. The minimum atomic E-state index is -1.53. The van der Waals surface area contributed by atoms with E-state index in [1.165, 1.54) is 17.3 Å². The van der Waals surface area contributed by atoms with Gasteiger partial charge in [0.05, 0.1) is 0 Å². The first-order valence-corrected chi connectivity index (χ1v) is 8.03. The normalized spacial score (nSPS) is 11.8. The molecule has 1 rings (SSSR count). The molecule has 1 nitrogen and oxygen atoms in total. The van der Waals surface area contributed by atoms with Crippen molar-refractivity contribution in [3.8, 4) is 0 Å². The summed E-state index contributed by atoms with van der Waals surface area (Å²) in [6, 6.07) is 13.1. The second kappa shape index (κ2) is 4.74. The molecular formula is C10H18OSi2. The maximum absolute atomic E-state index is 5.90. The van der Waals surface area contributed by atoms with Crippen molar-refractivity contribution in [1.82, 2.24) is 0 Å². The van der Waals surface area contributed by atoms with Gasteiger partial charge in [-0.1, -0.05) is 44.2 Å². The summed E-state index contributed by atoms with van der Waals surface area (Å²) in [6.45, 7) is 4.50. The Bertz CT molecular complexity index is 236. The zero-order chi connectivity index (χ0) is 9.73. The Kier molecular flexibility index (Phi) is 3.90. The lowest BCUT2D eigenvalue weighted by Gasteiger charge is -2.28. The van der Waals surface area contributed by atoms with Crippen molar-refractivity contribution >= 4 is 24.0 Å². The van der Waals surface area contributed by atoms with Crippen molar-refractivity contribution in [2.45, 2.75) is 25.9 Å². The fourth-order valence-electron chi connectivity index (χ4n) is 1.81. The second-order valence-electron chi connectivity index (χ2n) is 3.27. The third-order valence-electron chi connectivity index (χ3n) is 2.83. The summed E-state index contributed by atoms with van der Waals surface area (Å²) in [4.78, 5) is 0. The van der Waals surface area contributed by atoms with E-state index in [-0.39, 0.29) is 0 Å². The van der Waals surface area contributed by atoms with Crippen molar-refractivity contribution in [3.63, 3.8) is 0 Å². The number of rotatable bonds is 4. The molecule has 13 heavy (non-hydrogen) atoms. The van der Waals surface area contributed by atoms with E-state index < -0.39 is 8.32 Å². The highest BCUT2D eigenvalue weighted by Gasteiger charge is 2.30. The Morgan fingerprint density at radius 3 is 2.08 bits per heavy atom. The molecule has 0 amide bonds. The Morgan fingerprint density at radius 2 is 1.69 bits per heavy atom. The van der Waals surface area contributed by atoms with Crippen molar-refractivity contribution in [2.24, 2.45) is 0 Å². The average molecular weight is 210 g/mol. The largest absolute Gasteiger partial charge is 0.460 e. The Balaban J connectivity index is 3.01. The Morgan fingerprint density at radius 1 is 1.15 bits per heavy atom. The van der Waals surface area contributed by atoms with Gasteiger partial charge >= 0.3 is 0 Å². The molecule has 1 aromatic carbocycles. The minimum Gasteiger partial charge on any atom is -0.460 e. The lowest BCUT2D eigenvalue weighted by Crippen LogP contribution is -2.49. The first kappa shape index (κ1) is 10.7. The maximum Gasteiger partial charge on any atom is 0.211 e. The van der Waals surface area contributed by atoms with E-state index in [0.717, 1.165) is 10.5 Å². The minimum absolute atomic E-state index is 0.862. The highest BCUT2D eigenvalue weighted by molar-refractivity contribution is 6.88. The topological polar surface area (TPSA) is 9.23 Å². The fourth-order valence-corrected chi connectivity index (χ4v) is 7.18. The summed E-state index contributed by atoms with van der Waals surface area (Å²) in [7, 11) is -0.670. The summed E-state index contributed by atoms with van der Waals surface area (Å²) in [5, 5.41) is 1.45. The number of benzene rings is 1. The van der Waals surface area contributed by atoms with Crippen LogP contribution in [0.15, 0.2) is 30.3 Å². The van der Waals surface area contributed by atoms with Crippen LogP contribution in [0, 0.1) is 0 Å². The molecular weight excluding hydrogens is 192 g/mol. The molecule has 0 aliphatic heterocycles. The zero-order valence-electron chi connectivity index (χ0n) is 8.71. The van der Waals surface area contributed by atoms with Gasteiger partial charge in [-0.25, -0.2) is 0 Å². The second-order valence-corrected chi connectivity index (χ2v) is 8.88. The standard InChI is InChI=1S/C10H18OSi2/c1-3-13(4-2,11-12)10-8-6-5-7-9-10/h5-9H,3-4H2,1-2,12H3. The molecule has 1 aromatic rings. The molecule has 0 aromatic heterocycles.